The van der Waals surface area contributed by atoms with Gasteiger partial charge in [0.1, 0.15) is 11.2 Å². The first-order valence-corrected chi connectivity index (χ1v) is 20.4. The highest BCUT2D eigenvalue weighted by Gasteiger charge is 2.51. The minimum Gasteiger partial charge on any atom is -0.455 e. The summed E-state index contributed by atoms with van der Waals surface area (Å²) in [6, 6.07) is 71.4. The van der Waals surface area contributed by atoms with E-state index in [2.05, 4.69) is 170 Å². The average Bonchev–Trinajstić information content (AvgIpc) is 3.96. The molecule has 2 aliphatic rings. The molecule has 11 aromatic rings. The fraction of sp³-hybridized carbons (Fsp3) is 0.0179. The molecule has 0 saturated carbocycles. The summed E-state index contributed by atoms with van der Waals surface area (Å²) in [5.74, 6) is 1.90. The summed E-state index contributed by atoms with van der Waals surface area (Å²) < 4.78 is 6.41. The molecule has 0 radical (unpaired) electrons. The van der Waals surface area contributed by atoms with E-state index < -0.39 is 5.41 Å². The SMILES string of the molecule is c1ccc(-c2nc(-c3ccc(-c4cccc5c4ccc4c6ccccc6oc54)cc3)nc(-c3ccc4c(c3)C3(c5ccccc5-c5ccccc53)c3ccccc3-4)n2)cc1. The van der Waals surface area contributed by atoms with E-state index in [0.29, 0.717) is 17.5 Å². The van der Waals surface area contributed by atoms with Crippen molar-refractivity contribution in [2.24, 2.45) is 0 Å². The average molecular weight is 764 g/mol. The van der Waals surface area contributed by atoms with Crippen LogP contribution in [0.2, 0.25) is 0 Å². The van der Waals surface area contributed by atoms with Crippen LogP contribution in [0.15, 0.2) is 205 Å². The Balaban J connectivity index is 0.960. The van der Waals surface area contributed by atoms with Crippen molar-refractivity contribution in [3.8, 4) is 67.5 Å². The predicted molar refractivity (Wildman–Crippen MR) is 243 cm³/mol. The zero-order chi connectivity index (χ0) is 39.4. The number of fused-ring (bicyclic) bond motifs is 15. The summed E-state index contributed by atoms with van der Waals surface area (Å²) in [6.45, 7) is 0. The Morgan fingerprint density at radius 1 is 0.300 bits per heavy atom. The Morgan fingerprint density at radius 2 is 0.767 bits per heavy atom. The van der Waals surface area contributed by atoms with Crippen LogP contribution in [0.4, 0.5) is 0 Å². The maximum absolute atomic E-state index is 6.41. The molecule has 0 bridgehead atoms. The first-order chi connectivity index (χ1) is 29.7. The summed E-state index contributed by atoms with van der Waals surface area (Å²) in [5.41, 5.74) is 16.7. The molecule has 0 fully saturated rings. The molecule has 13 rings (SSSR count). The van der Waals surface area contributed by atoms with Gasteiger partial charge in [-0.05, 0) is 79.2 Å². The lowest BCUT2D eigenvalue weighted by molar-refractivity contribution is 0.672. The number of furan rings is 1. The maximum atomic E-state index is 6.41. The smallest absolute Gasteiger partial charge is 0.164 e. The molecule has 4 heteroatoms. The van der Waals surface area contributed by atoms with Crippen molar-refractivity contribution in [2.75, 3.05) is 0 Å². The van der Waals surface area contributed by atoms with Gasteiger partial charge in [-0.3, -0.25) is 0 Å². The molecule has 0 unspecified atom stereocenters. The highest BCUT2D eigenvalue weighted by Crippen LogP contribution is 2.63. The Kier molecular flexibility index (Phi) is 6.90. The summed E-state index contributed by atoms with van der Waals surface area (Å²) in [5, 5.41) is 4.51. The van der Waals surface area contributed by atoms with Crippen molar-refractivity contribution in [2.45, 2.75) is 5.41 Å². The molecule has 9 aromatic carbocycles. The van der Waals surface area contributed by atoms with Crippen molar-refractivity contribution in [3.63, 3.8) is 0 Å². The zero-order valence-electron chi connectivity index (χ0n) is 32.3. The first kappa shape index (κ1) is 33.1. The van der Waals surface area contributed by atoms with Crippen LogP contribution in [0, 0.1) is 0 Å². The van der Waals surface area contributed by atoms with Crippen LogP contribution in [0.1, 0.15) is 22.3 Å². The van der Waals surface area contributed by atoms with Crippen molar-refractivity contribution in [3.05, 3.63) is 222 Å². The monoisotopic (exact) mass is 763 g/mol. The largest absolute Gasteiger partial charge is 0.455 e. The molecule has 1 spiro atoms. The van der Waals surface area contributed by atoms with E-state index >= 15 is 0 Å². The zero-order valence-corrected chi connectivity index (χ0v) is 32.3. The molecule has 2 aliphatic carbocycles. The molecule has 0 saturated heterocycles. The predicted octanol–water partition coefficient (Wildman–Crippen LogP) is 13.9. The standard InChI is InChI=1S/C56H33N3O/c1-2-13-35(14-3-1)53-57-54(36-27-25-34(26-28-36)38-19-12-20-45-39(38)31-32-46-44-18-7-11-24-51(44)60-52(45)46)59-55(58-53)37-29-30-43-42-17-6-10-23-49(42)56(50(43)33-37)47-21-8-4-15-40(47)41-16-5-9-22-48(41)56/h1-33H. The number of benzene rings is 9. The maximum Gasteiger partial charge on any atom is 0.164 e. The Bertz CT molecular complexity index is 3480. The molecule has 60 heavy (non-hydrogen) atoms. The van der Waals surface area contributed by atoms with Crippen molar-refractivity contribution in [1.82, 2.24) is 15.0 Å². The highest BCUT2D eigenvalue weighted by atomic mass is 16.3. The molecule has 2 aromatic heterocycles. The molecule has 278 valence electrons. The summed E-state index contributed by atoms with van der Waals surface area (Å²) in [6.07, 6.45) is 0. The Hall–Kier alpha value is -7.95. The van der Waals surface area contributed by atoms with E-state index in [1.165, 1.54) is 44.5 Å². The number of rotatable bonds is 4. The van der Waals surface area contributed by atoms with Gasteiger partial charge in [-0.1, -0.05) is 182 Å². The third kappa shape index (κ3) is 4.59. The van der Waals surface area contributed by atoms with Crippen LogP contribution >= 0.6 is 0 Å². The summed E-state index contributed by atoms with van der Waals surface area (Å²) in [4.78, 5) is 15.5. The lowest BCUT2D eigenvalue weighted by Gasteiger charge is -2.30. The second kappa shape index (κ2) is 12.5. The van der Waals surface area contributed by atoms with Crippen molar-refractivity contribution < 1.29 is 4.42 Å². The third-order valence-electron chi connectivity index (χ3n) is 12.8. The fourth-order valence-corrected chi connectivity index (χ4v) is 10.2. The second-order valence-corrected chi connectivity index (χ2v) is 15.8. The van der Waals surface area contributed by atoms with E-state index in [1.807, 2.05) is 30.3 Å². The van der Waals surface area contributed by atoms with E-state index in [0.717, 1.165) is 60.5 Å². The number of para-hydroxylation sites is 1. The minimum atomic E-state index is -0.457. The van der Waals surface area contributed by atoms with Gasteiger partial charge in [0.25, 0.3) is 0 Å². The van der Waals surface area contributed by atoms with Crippen LogP contribution in [0.5, 0.6) is 0 Å². The quantitative estimate of drug-likeness (QED) is 0.179. The molecule has 0 N–H and O–H groups in total. The topological polar surface area (TPSA) is 51.8 Å². The molecule has 0 atom stereocenters. The van der Waals surface area contributed by atoms with E-state index in [-0.39, 0.29) is 0 Å². The van der Waals surface area contributed by atoms with Gasteiger partial charge in [0.2, 0.25) is 0 Å². The Labute approximate surface area is 346 Å². The van der Waals surface area contributed by atoms with E-state index in [9.17, 15) is 0 Å². The molecule has 0 amide bonds. The summed E-state index contributed by atoms with van der Waals surface area (Å²) in [7, 11) is 0. The van der Waals surface area contributed by atoms with Crippen molar-refractivity contribution in [1.29, 1.82) is 0 Å². The normalized spacial score (nSPS) is 13.1. The van der Waals surface area contributed by atoms with Gasteiger partial charge in [-0.2, -0.15) is 0 Å². The van der Waals surface area contributed by atoms with Crippen LogP contribution in [0.3, 0.4) is 0 Å². The number of hydrogen-bond donors (Lipinski definition) is 0. The third-order valence-corrected chi connectivity index (χ3v) is 12.8. The number of nitrogens with zero attached hydrogens (tertiary/aromatic N) is 3. The first-order valence-electron chi connectivity index (χ1n) is 20.4. The van der Waals surface area contributed by atoms with Gasteiger partial charge < -0.3 is 4.42 Å². The lowest BCUT2D eigenvalue weighted by atomic mass is 9.70. The van der Waals surface area contributed by atoms with Crippen LogP contribution in [-0.4, -0.2) is 15.0 Å². The van der Waals surface area contributed by atoms with E-state index in [4.69, 9.17) is 19.4 Å². The van der Waals surface area contributed by atoms with Gasteiger partial charge in [0, 0.05) is 32.8 Å². The number of aromatic nitrogens is 3. The molecule has 0 aliphatic heterocycles. The van der Waals surface area contributed by atoms with Gasteiger partial charge in [0.05, 0.1) is 5.41 Å². The van der Waals surface area contributed by atoms with Crippen LogP contribution in [0.25, 0.3) is 100 Å². The molecular formula is C56H33N3O. The van der Waals surface area contributed by atoms with Crippen LogP contribution in [-0.2, 0) is 5.41 Å². The fourth-order valence-electron chi connectivity index (χ4n) is 10.2. The van der Waals surface area contributed by atoms with Gasteiger partial charge >= 0.3 is 0 Å². The molecule has 2 heterocycles. The molecular weight excluding hydrogens is 731 g/mol. The second-order valence-electron chi connectivity index (χ2n) is 15.8. The van der Waals surface area contributed by atoms with Gasteiger partial charge in [0.15, 0.2) is 17.5 Å². The number of hydrogen-bond acceptors (Lipinski definition) is 4. The van der Waals surface area contributed by atoms with Crippen LogP contribution < -0.4 is 0 Å². The minimum absolute atomic E-state index is 0.457. The Morgan fingerprint density at radius 3 is 1.45 bits per heavy atom. The molecule has 4 nitrogen and oxygen atoms in total. The van der Waals surface area contributed by atoms with Crippen molar-refractivity contribution >= 4 is 32.7 Å². The lowest BCUT2D eigenvalue weighted by Crippen LogP contribution is -2.25. The van der Waals surface area contributed by atoms with Gasteiger partial charge in [-0.15, -0.1) is 0 Å². The van der Waals surface area contributed by atoms with Gasteiger partial charge in [-0.25, -0.2) is 15.0 Å². The van der Waals surface area contributed by atoms with E-state index in [1.54, 1.807) is 0 Å². The summed E-state index contributed by atoms with van der Waals surface area (Å²) >= 11 is 0. The highest BCUT2D eigenvalue weighted by molar-refractivity contribution is 6.17.